The van der Waals surface area contributed by atoms with Gasteiger partial charge < -0.3 is 10.6 Å². The summed E-state index contributed by atoms with van der Waals surface area (Å²) in [6.45, 7) is 5.37. The number of benzene rings is 1. The molecule has 0 radical (unpaired) electrons. The molecule has 2 N–H and O–H groups in total. The number of aliphatic imine (C=N–C) groups is 1. The van der Waals surface area contributed by atoms with Gasteiger partial charge in [0.15, 0.2) is 5.96 Å². The molecule has 0 atom stereocenters. The molecule has 1 heterocycles. The average Bonchev–Trinajstić information content (AvgIpc) is 3.08. The molecule has 1 aromatic carbocycles. The van der Waals surface area contributed by atoms with Gasteiger partial charge in [0, 0.05) is 26.7 Å². The minimum atomic E-state index is 0. The van der Waals surface area contributed by atoms with Crippen LogP contribution in [0.15, 0.2) is 29.3 Å². The number of rotatable bonds is 8. The smallest absolute Gasteiger partial charge is 0.191 e. The van der Waals surface area contributed by atoms with E-state index in [9.17, 15) is 0 Å². The standard InChI is InChI=1S/C18H30N4S.HI/c1-19-18(20-10-5-13-23-2)21-14-16-6-8-17(9-7-16)15-22-11-3-4-12-22;/h6-9H,3-5,10-15H2,1-2H3,(H2,19,20,21);1H. The van der Waals surface area contributed by atoms with Crippen LogP contribution in [0.2, 0.25) is 0 Å². The number of hydrogen-bond acceptors (Lipinski definition) is 3. The molecule has 1 aliphatic heterocycles. The third-order valence-corrected chi connectivity index (χ3v) is 4.83. The second-order valence-corrected chi connectivity index (χ2v) is 6.98. The summed E-state index contributed by atoms with van der Waals surface area (Å²) in [5, 5.41) is 6.73. The SMILES string of the molecule is CN=C(NCCCSC)NCc1ccc(CN2CCCC2)cc1.I. The Labute approximate surface area is 168 Å². The summed E-state index contributed by atoms with van der Waals surface area (Å²) in [6, 6.07) is 8.95. The van der Waals surface area contributed by atoms with E-state index in [1.54, 1.807) is 0 Å². The monoisotopic (exact) mass is 462 g/mol. The molecule has 0 spiro atoms. The summed E-state index contributed by atoms with van der Waals surface area (Å²) < 4.78 is 0. The van der Waals surface area contributed by atoms with Crippen molar-refractivity contribution in [1.82, 2.24) is 15.5 Å². The van der Waals surface area contributed by atoms with E-state index in [4.69, 9.17) is 0 Å². The largest absolute Gasteiger partial charge is 0.356 e. The molecule has 0 saturated carbocycles. The van der Waals surface area contributed by atoms with Gasteiger partial charge in [-0.15, -0.1) is 24.0 Å². The number of guanidine groups is 1. The lowest BCUT2D eigenvalue weighted by Gasteiger charge is -2.15. The summed E-state index contributed by atoms with van der Waals surface area (Å²) in [7, 11) is 1.82. The van der Waals surface area contributed by atoms with E-state index in [1.165, 1.54) is 42.8 Å². The fraction of sp³-hybridized carbons (Fsp3) is 0.611. The number of hydrogen-bond donors (Lipinski definition) is 2. The van der Waals surface area contributed by atoms with Crippen LogP contribution in [0.5, 0.6) is 0 Å². The molecule has 1 aliphatic rings. The maximum absolute atomic E-state index is 4.27. The lowest BCUT2D eigenvalue weighted by atomic mass is 10.1. The number of thioether (sulfide) groups is 1. The van der Waals surface area contributed by atoms with Crippen LogP contribution in [-0.4, -0.2) is 49.6 Å². The van der Waals surface area contributed by atoms with Crippen molar-refractivity contribution in [2.24, 2.45) is 4.99 Å². The van der Waals surface area contributed by atoms with Crippen molar-refractivity contribution >= 4 is 41.7 Å². The Kier molecular flexibility index (Phi) is 11.5. The average molecular weight is 462 g/mol. The molecule has 0 bridgehead atoms. The zero-order valence-corrected chi connectivity index (χ0v) is 18.0. The third-order valence-electron chi connectivity index (χ3n) is 4.13. The van der Waals surface area contributed by atoms with Gasteiger partial charge >= 0.3 is 0 Å². The first-order chi connectivity index (χ1) is 11.3. The molecular formula is C18H31IN4S. The summed E-state index contributed by atoms with van der Waals surface area (Å²) in [5.74, 6) is 2.06. The van der Waals surface area contributed by atoms with Crippen LogP contribution in [0.4, 0.5) is 0 Å². The lowest BCUT2D eigenvalue weighted by molar-refractivity contribution is 0.331. The van der Waals surface area contributed by atoms with E-state index in [-0.39, 0.29) is 24.0 Å². The summed E-state index contributed by atoms with van der Waals surface area (Å²) in [4.78, 5) is 6.80. The van der Waals surface area contributed by atoms with Crippen LogP contribution < -0.4 is 10.6 Å². The molecule has 6 heteroatoms. The van der Waals surface area contributed by atoms with Gasteiger partial charge in [0.2, 0.25) is 0 Å². The molecule has 0 unspecified atom stereocenters. The van der Waals surface area contributed by atoms with Gasteiger partial charge in [-0.1, -0.05) is 24.3 Å². The van der Waals surface area contributed by atoms with Gasteiger partial charge in [0.1, 0.15) is 0 Å². The Morgan fingerprint density at radius 3 is 2.42 bits per heavy atom. The van der Waals surface area contributed by atoms with Crippen molar-refractivity contribution in [3.63, 3.8) is 0 Å². The van der Waals surface area contributed by atoms with Crippen LogP contribution in [0.1, 0.15) is 30.4 Å². The van der Waals surface area contributed by atoms with Crippen molar-refractivity contribution in [1.29, 1.82) is 0 Å². The van der Waals surface area contributed by atoms with Crippen molar-refractivity contribution < 1.29 is 0 Å². The minimum Gasteiger partial charge on any atom is -0.356 e. The zero-order valence-electron chi connectivity index (χ0n) is 14.9. The number of nitrogens with one attached hydrogen (secondary N) is 2. The Bertz CT molecular complexity index is 472. The Hall–Kier alpha value is -0.470. The highest BCUT2D eigenvalue weighted by atomic mass is 127. The first-order valence-corrected chi connectivity index (χ1v) is 9.95. The van der Waals surface area contributed by atoms with Crippen LogP contribution >= 0.6 is 35.7 Å². The highest BCUT2D eigenvalue weighted by Gasteiger charge is 2.11. The van der Waals surface area contributed by atoms with Crippen LogP contribution in [0.3, 0.4) is 0 Å². The highest BCUT2D eigenvalue weighted by molar-refractivity contribution is 14.0. The molecule has 2 rings (SSSR count). The topological polar surface area (TPSA) is 39.7 Å². The van der Waals surface area contributed by atoms with Crippen molar-refractivity contribution in [3.05, 3.63) is 35.4 Å². The van der Waals surface area contributed by atoms with Gasteiger partial charge in [-0.05, 0) is 55.5 Å². The Balaban J connectivity index is 0.00000288. The van der Waals surface area contributed by atoms with Crippen LogP contribution in [0.25, 0.3) is 0 Å². The molecule has 0 amide bonds. The van der Waals surface area contributed by atoms with Gasteiger partial charge in [-0.3, -0.25) is 9.89 Å². The summed E-state index contributed by atoms with van der Waals surface area (Å²) >= 11 is 1.88. The summed E-state index contributed by atoms with van der Waals surface area (Å²) in [5.41, 5.74) is 2.71. The number of nitrogens with zero attached hydrogens (tertiary/aromatic N) is 2. The summed E-state index contributed by atoms with van der Waals surface area (Å²) in [6.07, 6.45) is 6.00. The quantitative estimate of drug-likeness (QED) is 0.269. The minimum absolute atomic E-state index is 0. The van der Waals surface area contributed by atoms with Crippen molar-refractivity contribution in [3.8, 4) is 0 Å². The number of halogens is 1. The zero-order chi connectivity index (χ0) is 16.3. The van der Waals surface area contributed by atoms with Gasteiger partial charge in [-0.2, -0.15) is 11.8 Å². The van der Waals surface area contributed by atoms with Crippen LogP contribution in [0, 0.1) is 0 Å². The van der Waals surface area contributed by atoms with E-state index in [0.29, 0.717) is 0 Å². The van der Waals surface area contributed by atoms with Crippen molar-refractivity contribution in [2.45, 2.75) is 32.4 Å². The molecule has 1 aromatic rings. The highest BCUT2D eigenvalue weighted by Crippen LogP contribution is 2.13. The van der Waals surface area contributed by atoms with Gasteiger partial charge in [0.05, 0.1) is 0 Å². The predicted octanol–water partition coefficient (Wildman–Crippen LogP) is 3.32. The number of likely N-dealkylation sites (tertiary alicyclic amines) is 1. The molecular weight excluding hydrogens is 431 g/mol. The fourth-order valence-corrected chi connectivity index (χ4v) is 3.22. The maximum Gasteiger partial charge on any atom is 0.191 e. The van der Waals surface area contributed by atoms with Crippen molar-refractivity contribution in [2.75, 3.05) is 38.7 Å². The molecule has 1 fully saturated rings. The lowest BCUT2D eigenvalue weighted by Crippen LogP contribution is -2.37. The Morgan fingerprint density at radius 1 is 1.12 bits per heavy atom. The molecule has 136 valence electrons. The first kappa shape index (κ1) is 21.6. The first-order valence-electron chi connectivity index (χ1n) is 8.55. The second kappa shape index (κ2) is 12.8. The normalized spacial score (nSPS) is 15.2. The molecule has 0 aliphatic carbocycles. The fourth-order valence-electron chi connectivity index (χ4n) is 2.79. The maximum atomic E-state index is 4.27. The Morgan fingerprint density at radius 2 is 1.79 bits per heavy atom. The van der Waals surface area contributed by atoms with Gasteiger partial charge in [-0.25, -0.2) is 0 Å². The molecule has 0 aromatic heterocycles. The van der Waals surface area contributed by atoms with E-state index < -0.39 is 0 Å². The van der Waals surface area contributed by atoms with E-state index in [2.05, 4.69) is 51.0 Å². The van der Waals surface area contributed by atoms with Gasteiger partial charge in [0.25, 0.3) is 0 Å². The van der Waals surface area contributed by atoms with E-state index in [1.807, 2.05) is 18.8 Å². The molecule has 24 heavy (non-hydrogen) atoms. The second-order valence-electron chi connectivity index (χ2n) is 6.00. The molecule has 4 nitrogen and oxygen atoms in total. The van der Waals surface area contributed by atoms with Crippen LogP contribution in [-0.2, 0) is 13.1 Å². The third kappa shape index (κ3) is 8.07. The molecule has 1 saturated heterocycles. The van der Waals surface area contributed by atoms with E-state index >= 15 is 0 Å². The predicted molar refractivity (Wildman–Crippen MR) is 118 cm³/mol. The van der Waals surface area contributed by atoms with E-state index in [0.717, 1.165) is 32.0 Å².